The summed E-state index contributed by atoms with van der Waals surface area (Å²) in [6.07, 6.45) is 2.93. The van der Waals surface area contributed by atoms with E-state index in [0.717, 1.165) is 72.9 Å². The topological polar surface area (TPSA) is 76.2 Å². The molecule has 158 valence electrons. The summed E-state index contributed by atoms with van der Waals surface area (Å²) >= 11 is 0. The maximum atomic E-state index is 4.73. The number of H-pyrrole nitrogens is 2. The van der Waals surface area contributed by atoms with Crippen molar-refractivity contribution in [1.82, 2.24) is 29.7 Å². The molecule has 0 saturated heterocycles. The summed E-state index contributed by atoms with van der Waals surface area (Å²) in [5.74, 6) is 8.16. The van der Waals surface area contributed by atoms with E-state index < -0.39 is 0 Å². The van der Waals surface area contributed by atoms with Gasteiger partial charge in [0, 0.05) is 31.8 Å². The lowest BCUT2D eigenvalue weighted by Gasteiger charge is -2.33. The number of para-hydroxylation sites is 4. The normalized spacial score (nSPS) is 16.4. The molecule has 6 rings (SSSR count). The molecule has 0 atom stereocenters. The highest BCUT2D eigenvalue weighted by atomic mass is 15.2. The summed E-state index contributed by atoms with van der Waals surface area (Å²) < 4.78 is 0. The minimum atomic E-state index is 0.723. The van der Waals surface area contributed by atoms with E-state index >= 15 is 0 Å². The molecule has 4 heterocycles. The third-order valence-electron chi connectivity index (χ3n) is 5.95. The van der Waals surface area contributed by atoms with Crippen molar-refractivity contribution in [1.29, 1.82) is 0 Å². The molecule has 32 heavy (non-hydrogen) atoms. The number of aliphatic imine (C=N–C) groups is 1. The zero-order chi connectivity index (χ0) is 21.3. The monoisotopic (exact) mass is 421 g/mol. The highest BCUT2D eigenvalue weighted by Crippen LogP contribution is 2.23. The second kappa shape index (κ2) is 7.98. The molecule has 2 aromatic heterocycles. The van der Waals surface area contributed by atoms with Gasteiger partial charge in [0.05, 0.1) is 41.5 Å². The van der Waals surface area contributed by atoms with Gasteiger partial charge in [-0.1, -0.05) is 30.2 Å². The van der Waals surface area contributed by atoms with Crippen LogP contribution in [0, 0.1) is 11.8 Å². The summed E-state index contributed by atoms with van der Waals surface area (Å²) in [4.78, 5) is 25.2. The van der Waals surface area contributed by atoms with Crippen LogP contribution in [0.25, 0.3) is 22.1 Å². The van der Waals surface area contributed by atoms with E-state index in [0.29, 0.717) is 0 Å². The number of rotatable bonds is 3. The largest absolute Gasteiger partial charge is 0.351 e. The Kier molecular flexibility index (Phi) is 4.70. The van der Waals surface area contributed by atoms with Crippen molar-refractivity contribution in [2.24, 2.45) is 4.99 Å². The van der Waals surface area contributed by atoms with Crippen LogP contribution in [0.15, 0.2) is 64.8 Å². The van der Waals surface area contributed by atoms with Crippen LogP contribution in [0.2, 0.25) is 0 Å². The molecule has 0 spiro atoms. The highest BCUT2D eigenvalue weighted by Gasteiger charge is 2.22. The summed E-state index contributed by atoms with van der Waals surface area (Å²) in [7, 11) is 0. The molecule has 0 amide bonds. The molecule has 7 nitrogen and oxygen atoms in total. The number of hydrogen-bond acceptors (Lipinski definition) is 5. The Morgan fingerprint density at radius 1 is 0.906 bits per heavy atom. The number of imidazole rings is 2. The fraction of sp³-hybridized carbons (Fsp3) is 0.240. The lowest BCUT2D eigenvalue weighted by atomic mass is 10.0. The summed E-state index contributed by atoms with van der Waals surface area (Å²) in [5.41, 5.74) is 6.66. The van der Waals surface area contributed by atoms with Crippen molar-refractivity contribution in [3.8, 4) is 11.8 Å². The number of benzene rings is 2. The minimum Gasteiger partial charge on any atom is -0.351 e. The lowest BCUT2D eigenvalue weighted by molar-refractivity contribution is 0.300. The summed E-state index contributed by atoms with van der Waals surface area (Å²) in [6, 6.07) is 16.1. The summed E-state index contributed by atoms with van der Waals surface area (Å²) in [5, 5.41) is 0. The van der Waals surface area contributed by atoms with Gasteiger partial charge in [-0.3, -0.25) is 4.90 Å². The van der Waals surface area contributed by atoms with Gasteiger partial charge in [-0.2, -0.15) is 0 Å². The summed E-state index contributed by atoms with van der Waals surface area (Å²) in [6.45, 7) is 4.21. The number of fused-ring (bicyclic) bond motifs is 2. The highest BCUT2D eigenvalue weighted by molar-refractivity contribution is 5.76. The molecule has 2 aromatic carbocycles. The van der Waals surface area contributed by atoms with E-state index in [2.05, 4.69) is 42.7 Å². The molecule has 7 heteroatoms. The van der Waals surface area contributed by atoms with Gasteiger partial charge < -0.3 is 14.9 Å². The van der Waals surface area contributed by atoms with E-state index in [1.807, 2.05) is 48.8 Å². The first kappa shape index (κ1) is 18.8. The third-order valence-corrected chi connectivity index (χ3v) is 5.95. The second-order valence-electron chi connectivity index (χ2n) is 8.27. The first-order valence-corrected chi connectivity index (χ1v) is 10.9. The van der Waals surface area contributed by atoms with Gasteiger partial charge in [0.1, 0.15) is 5.82 Å². The molecule has 0 radical (unpaired) electrons. The van der Waals surface area contributed by atoms with Gasteiger partial charge in [-0.05, 0) is 35.8 Å². The molecule has 2 N–H and O–H groups in total. The maximum absolute atomic E-state index is 4.73. The SMILES string of the molecule is C(#Cc1nc2ccccc2[nH]1)CN1CCC2=C(CN(Cc3nc4ccccc4[nH]3)C=N2)C1. The molecule has 0 unspecified atom stereocenters. The second-order valence-corrected chi connectivity index (χ2v) is 8.27. The van der Waals surface area contributed by atoms with Gasteiger partial charge >= 0.3 is 0 Å². The number of nitrogens with one attached hydrogen (secondary N) is 2. The maximum Gasteiger partial charge on any atom is 0.183 e. The Balaban J connectivity index is 1.09. The molecule has 0 bridgehead atoms. The van der Waals surface area contributed by atoms with Crippen LogP contribution in [0.3, 0.4) is 0 Å². The fourth-order valence-electron chi connectivity index (χ4n) is 4.37. The predicted octanol–water partition coefficient (Wildman–Crippen LogP) is 3.29. The van der Waals surface area contributed by atoms with Crippen molar-refractivity contribution in [3.63, 3.8) is 0 Å². The molecular weight excluding hydrogens is 398 g/mol. The number of aromatic nitrogens is 4. The van der Waals surface area contributed by atoms with Crippen LogP contribution in [-0.4, -0.2) is 62.3 Å². The van der Waals surface area contributed by atoms with Crippen LogP contribution in [0.1, 0.15) is 18.1 Å². The molecule has 0 aliphatic carbocycles. The van der Waals surface area contributed by atoms with Crippen LogP contribution in [0.5, 0.6) is 0 Å². The van der Waals surface area contributed by atoms with Crippen LogP contribution >= 0.6 is 0 Å². The van der Waals surface area contributed by atoms with Crippen LogP contribution in [0.4, 0.5) is 0 Å². The van der Waals surface area contributed by atoms with Gasteiger partial charge in [0.15, 0.2) is 5.82 Å². The predicted molar refractivity (Wildman–Crippen MR) is 126 cm³/mol. The standard InChI is InChI=1S/C25H23N7/c1-2-7-21-20(6-1)27-24(28-21)10-5-12-31-13-11-19-18(14-31)15-32(17-26-19)16-25-29-22-8-3-4-9-23(22)30-25/h1-4,6-9,17H,11-16H2,(H,27,28)(H,29,30). The van der Waals surface area contributed by atoms with Gasteiger partial charge in [-0.15, -0.1) is 0 Å². The number of hydrogen-bond donors (Lipinski definition) is 2. The minimum absolute atomic E-state index is 0.723. The van der Waals surface area contributed by atoms with Crippen molar-refractivity contribution >= 4 is 28.4 Å². The molecular formula is C25H23N7. The van der Waals surface area contributed by atoms with Crippen molar-refractivity contribution in [3.05, 3.63) is 71.4 Å². The smallest absolute Gasteiger partial charge is 0.183 e. The van der Waals surface area contributed by atoms with Crippen molar-refractivity contribution in [2.75, 3.05) is 26.2 Å². The van der Waals surface area contributed by atoms with Gasteiger partial charge in [-0.25, -0.2) is 15.0 Å². The third kappa shape index (κ3) is 3.77. The van der Waals surface area contributed by atoms with E-state index in [4.69, 9.17) is 9.98 Å². The average molecular weight is 422 g/mol. The Labute approximate surface area is 185 Å². The van der Waals surface area contributed by atoms with E-state index in [9.17, 15) is 0 Å². The van der Waals surface area contributed by atoms with E-state index in [-0.39, 0.29) is 0 Å². The van der Waals surface area contributed by atoms with E-state index in [1.54, 1.807) is 0 Å². The molecule has 4 aromatic rings. The first-order valence-electron chi connectivity index (χ1n) is 10.9. The molecule has 2 aliphatic heterocycles. The van der Waals surface area contributed by atoms with E-state index in [1.165, 1.54) is 11.3 Å². The van der Waals surface area contributed by atoms with Crippen LogP contribution in [-0.2, 0) is 6.54 Å². The van der Waals surface area contributed by atoms with Gasteiger partial charge in [0.2, 0.25) is 0 Å². The molecule has 0 fully saturated rings. The van der Waals surface area contributed by atoms with Gasteiger partial charge in [0.25, 0.3) is 0 Å². The van der Waals surface area contributed by atoms with Crippen molar-refractivity contribution in [2.45, 2.75) is 13.0 Å². The Morgan fingerprint density at radius 3 is 2.50 bits per heavy atom. The lowest BCUT2D eigenvalue weighted by Crippen LogP contribution is -2.38. The average Bonchev–Trinajstić information content (AvgIpc) is 3.41. The number of aromatic amines is 2. The molecule has 0 saturated carbocycles. The first-order chi connectivity index (χ1) is 15.8. The Bertz CT molecular complexity index is 1350. The Morgan fingerprint density at radius 2 is 1.69 bits per heavy atom. The number of nitrogens with zero attached hydrogens (tertiary/aromatic N) is 5. The zero-order valence-corrected chi connectivity index (χ0v) is 17.7. The van der Waals surface area contributed by atoms with Crippen molar-refractivity contribution < 1.29 is 0 Å². The fourth-order valence-corrected chi connectivity index (χ4v) is 4.37. The Hall–Kier alpha value is -3.89. The van der Waals surface area contributed by atoms with Crippen LogP contribution < -0.4 is 0 Å². The quantitative estimate of drug-likeness (QED) is 0.498. The molecule has 2 aliphatic rings. The zero-order valence-electron chi connectivity index (χ0n) is 17.7.